The molecule has 108 valence electrons. The van der Waals surface area contributed by atoms with Crippen LogP contribution in [0.1, 0.15) is 23.2 Å². The topological polar surface area (TPSA) is 87.7 Å². The van der Waals surface area contributed by atoms with Crippen molar-refractivity contribution in [3.05, 3.63) is 29.6 Å². The monoisotopic (exact) mass is 282 g/mol. The molecule has 0 aliphatic carbocycles. The third kappa shape index (κ3) is 3.67. The lowest BCUT2D eigenvalue weighted by atomic mass is 10.1. The third-order valence-corrected chi connectivity index (χ3v) is 3.01. The predicted molar refractivity (Wildman–Crippen MR) is 69.4 cm³/mol. The molecule has 0 radical (unpaired) electrons. The Morgan fingerprint density at radius 2 is 2.00 bits per heavy atom. The van der Waals surface area contributed by atoms with Crippen molar-refractivity contribution < 1.29 is 23.8 Å². The van der Waals surface area contributed by atoms with Gasteiger partial charge in [0.2, 0.25) is 0 Å². The van der Waals surface area contributed by atoms with Crippen molar-refractivity contribution in [2.24, 2.45) is 0 Å². The molecule has 7 heteroatoms. The van der Waals surface area contributed by atoms with E-state index in [0.717, 1.165) is 25.0 Å². The number of aromatic carboxylic acids is 1. The van der Waals surface area contributed by atoms with Gasteiger partial charge in [-0.05, 0) is 31.0 Å². The van der Waals surface area contributed by atoms with Crippen molar-refractivity contribution in [3.8, 4) is 0 Å². The van der Waals surface area contributed by atoms with Gasteiger partial charge in [0.25, 0.3) is 0 Å². The molecule has 2 amide bonds. The van der Waals surface area contributed by atoms with Gasteiger partial charge in [-0.3, -0.25) is 0 Å². The Morgan fingerprint density at radius 3 is 2.60 bits per heavy atom. The summed E-state index contributed by atoms with van der Waals surface area (Å²) < 4.78 is 18.6. The highest BCUT2D eigenvalue weighted by atomic mass is 19.1. The van der Waals surface area contributed by atoms with Crippen LogP contribution in [0.2, 0.25) is 0 Å². The van der Waals surface area contributed by atoms with Crippen molar-refractivity contribution in [1.82, 2.24) is 5.32 Å². The highest BCUT2D eigenvalue weighted by Gasteiger charge is 2.16. The van der Waals surface area contributed by atoms with Gasteiger partial charge in [-0.15, -0.1) is 0 Å². The normalized spacial score (nSPS) is 15.7. The molecule has 0 saturated carbocycles. The summed E-state index contributed by atoms with van der Waals surface area (Å²) in [6.07, 6.45) is 1.47. The number of carboxylic acid groups (broad SMARTS) is 1. The number of urea groups is 1. The molecule has 1 aromatic rings. The summed E-state index contributed by atoms with van der Waals surface area (Å²) in [4.78, 5) is 22.4. The maximum absolute atomic E-state index is 13.4. The van der Waals surface area contributed by atoms with Gasteiger partial charge < -0.3 is 20.5 Å². The molecule has 2 rings (SSSR count). The number of carbonyl (C=O) groups is 2. The number of anilines is 1. The first-order valence-electron chi connectivity index (χ1n) is 6.24. The minimum Gasteiger partial charge on any atom is -0.478 e. The Labute approximate surface area is 114 Å². The fourth-order valence-electron chi connectivity index (χ4n) is 1.96. The van der Waals surface area contributed by atoms with Gasteiger partial charge in [0.15, 0.2) is 0 Å². The molecular weight excluding hydrogens is 267 g/mol. The second-order valence-corrected chi connectivity index (χ2v) is 4.48. The summed E-state index contributed by atoms with van der Waals surface area (Å²) >= 11 is 0. The van der Waals surface area contributed by atoms with Crippen LogP contribution in [0.15, 0.2) is 18.2 Å². The van der Waals surface area contributed by atoms with E-state index in [-0.39, 0.29) is 11.7 Å². The van der Waals surface area contributed by atoms with Crippen molar-refractivity contribution in [3.63, 3.8) is 0 Å². The summed E-state index contributed by atoms with van der Waals surface area (Å²) in [6, 6.07) is 3.02. The Morgan fingerprint density at radius 1 is 1.30 bits per heavy atom. The number of carbonyl (C=O) groups excluding carboxylic acids is 1. The highest BCUT2D eigenvalue weighted by Crippen LogP contribution is 2.15. The van der Waals surface area contributed by atoms with Gasteiger partial charge in [0.1, 0.15) is 5.82 Å². The van der Waals surface area contributed by atoms with E-state index in [0.29, 0.717) is 13.2 Å². The number of nitrogens with one attached hydrogen (secondary N) is 2. The van der Waals surface area contributed by atoms with E-state index in [1.165, 1.54) is 6.07 Å². The van der Waals surface area contributed by atoms with Crippen LogP contribution in [0.3, 0.4) is 0 Å². The Kier molecular flexibility index (Phi) is 4.52. The molecular formula is C13H15FN2O4. The van der Waals surface area contributed by atoms with E-state index in [1.807, 2.05) is 0 Å². The summed E-state index contributed by atoms with van der Waals surface area (Å²) in [5.74, 6) is -2.23. The molecule has 0 atom stereocenters. The summed E-state index contributed by atoms with van der Waals surface area (Å²) in [5.41, 5.74) is -0.225. The van der Waals surface area contributed by atoms with Crippen LogP contribution < -0.4 is 10.6 Å². The van der Waals surface area contributed by atoms with Crippen LogP contribution in [0.5, 0.6) is 0 Å². The van der Waals surface area contributed by atoms with E-state index in [9.17, 15) is 14.0 Å². The Bertz CT molecular complexity index is 515. The maximum atomic E-state index is 13.4. The average Bonchev–Trinajstić information content (AvgIpc) is 2.39. The smallest absolute Gasteiger partial charge is 0.338 e. The van der Waals surface area contributed by atoms with E-state index >= 15 is 0 Å². The molecule has 1 fully saturated rings. The molecule has 1 saturated heterocycles. The second-order valence-electron chi connectivity index (χ2n) is 4.48. The zero-order valence-electron chi connectivity index (χ0n) is 10.7. The minimum absolute atomic E-state index is 0.0342. The van der Waals surface area contributed by atoms with E-state index in [1.54, 1.807) is 0 Å². The van der Waals surface area contributed by atoms with E-state index < -0.39 is 23.4 Å². The van der Waals surface area contributed by atoms with Gasteiger partial charge in [-0.25, -0.2) is 14.0 Å². The van der Waals surface area contributed by atoms with Crippen LogP contribution in [-0.4, -0.2) is 36.4 Å². The number of rotatable bonds is 3. The molecule has 1 aliphatic rings. The quantitative estimate of drug-likeness (QED) is 0.789. The number of hydrogen-bond acceptors (Lipinski definition) is 3. The zero-order chi connectivity index (χ0) is 14.5. The van der Waals surface area contributed by atoms with Gasteiger partial charge in [0.05, 0.1) is 5.56 Å². The lowest BCUT2D eigenvalue weighted by Crippen LogP contribution is -2.41. The third-order valence-electron chi connectivity index (χ3n) is 3.01. The van der Waals surface area contributed by atoms with Crippen molar-refractivity contribution in [2.45, 2.75) is 18.9 Å². The SMILES string of the molecule is O=C(Nc1ccc(C(=O)O)c(F)c1)NC1CCOCC1. The number of benzene rings is 1. The number of hydrogen-bond donors (Lipinski definition) is 3. The average molecular weight is 282 g/mol. The fraction of sp³-hybridized carbons (Fsp3) is 0.385. The van der Waals surface area contributed by atoms with Gasteiger partial charge in [-0.2, -0.15) is 0 Å². The minimum atomic E-state index is -1.35. The van der Waals surface area contributed by atoms with Crippen molar-refractivity contribution in [1.29, 1.82) is 0 Å². The molecule has 1 aromatic carbocycles. The summed E-state index contributed by atoms with van der Waals surface area (Å²) in [5, 5.41) is 13.9. The lowest BCUT2D eigenvalue weighted by Gasteiger charge is -2.23. The number of ether oxygens (including phenoxy) is 1. The number of carboxylic acids is 1. The molecule has 0 bridgehead atoms. The fourth-order valence-corrected chi connectivity index (χ4v) is 1.96. The Hall–Kier alpha value is -2.15. The largest absolute Gasteiger partial charge is 0.478 e. The first-order valence-corrected chi connectivity index (χ1v) is 6.24. The summed E-state index contributed by atoms with van der Waals surface area (Å²) in [6.45, 7) is 1.21. The van der Waals surface area contributed by atoms with Gasteiger partial charge in [-0.1, -0.05) is 0 Å². The number of amides is 2. The van der Waals surface area contributed by atoms with Crippen LogP contribution >= 0.6 is 0 Å². The van der Waals surface area contributed by atoms with Crippen LogP contribution in [0.4, 0.5) is 14.9 Å². The van der Waals surface area contributed by atoms with Gasteiger partial charge in [0, 0.05) is 24.9 Å². The molecule has 0 unspecified atom stereocenters. The maximum Gasteiger partial charge on any atom is 0.338 e. The molecule has 0 spiro atoms. The zero-order valence-corrected chi connectivity index (χ0v) is 10.7. The molecule has 1 aliphatic heterocycles. The van der Waals surface area contributed by atoms with Crippen molar-refractivity contribution >= 4 is 17.7 Å². The molecule has 0 aromatic heterocycles. The standard InChI is InChI=1S/C13H15FN2O4/c14-11-7-9(1-2-10(11)12(17)18)16-13(19)15-8-3-5-20-6-4-8/h1-2,7-8H,3-6H2,(H,17,18)(H2,15,16,19). The highest BCUT2D eigenvalue weighted by molar-refractivity contribution is 5.91. The van der Waals surface area contributed by atoms with Crippen molar-refractivity contribution in [2.75, 3.05) is 18.5 Å². The number of halogens is 1. The van der Waals surface area contributed by atoms with Crippen LogP contribution in [0.25, 0.3) is 0 Å². The van der Waals surface area contributed by atoms with Gasteiger partial charge >= 0.3 is 12.0 Å². The Balaban J connectivity index is 1.93. The second kappa shape index (κ2) is 6.33. The first-order chi connectivity index (χ1) is 9.56. The van der Waals surface area contributed by atoms with E-state index in [4.69, 9.17) is 9.84 Å². The lowest BCUT2D eigenvalue weighted by molar-refractivity contribution is 0.0692. The molecule has 1 heterocycles. The molecule has 3 N–H and O–H groups in total. The predicted octanol–water partition coefficient (Wildman–Crippen LogP) is 1.82. The summed E-state index contributed by atoms with van der Waals surface area (Å²) in [7, 11) is 0. The first kappa shape index (κ1) is 14.3. The molecule has 6 nitrogen and oxygen atoms in total. The van der Waals surface area contributed by atoms with E-state index in [2.05, 4.69) is 10.6 Å². The van der Waals surface area contributed by atoms with Crippen LogP contribution in [0, 0.1) is 5.82 Å². The molecule has 20 heavy (non-hydrogen) atoms. The van der Waals surface area contributed by atoms with Crippen LogP contribution in [-0.2, 0) is 4.74 Å².